The second-order valence-electron chi connectivity index (χ2n) is 6.03. The molecule has 11 heteroatoms. The van der Waals surface area contributed by atoms with Crippen LogP contribution in [0.2, 0.25) is 0 Å². The number of hydrogen-bond acceptors (Lipinski definition) is 6. The summed E-state index contributed by atoms with van der Waals surface area (Å²) in [6.07, 6.45) is -1.76. The number of rotatable bonds is 9. The van der Waals surface area contributed by atoms with Gasteiger partial charge in [-0.1, -0.05) is 12.1 Å². The topological polar surface area (TPSA) is 80.6 Å². The van der Waals surface area contributed by atoms with E-state index in [2.05, 4.69) is 16.9 Å². The minimum atomic E-state index is -3.76. The normalized spacial score (nSPS) is 12.0. The molecule has 0 atom stereocenters. The Kier molecular flexibility index (Phi) is 7.81. The van der Waals surface area contributed by atoms with Crippen LogP contribution >= 0.6 is 0 Å². The van der Waals surface area contributed by atoms with E-state index in [0.717, 1.165) is 16.6 Å². The predicted molar refractivity (Wildman–Crippen MR) is 108 cm³/mol. The molecule has 7 nitrogen and oxygen atoms in total. The van der Waals surface area contributed by atoms with Crippen LogP contribution in [-0.2, 0) is 21.3 Å². The van der Waals surface area contributed by atoms with Gasteiger partial charge in [0.25, 0.3) is 6.43 Å². The largest absolute Gasteiger partial charge is 0.497 e. The van der Waals surface area contributed by atoms with Gasteiger partial charge in [-0.2, -0.15) is 5.10 Å². The van der Waals surface area contributed by atoms with Gasteiger partial charge in [0.1, 0.15) is 11.6 Å². The molecule has 0 radical (unpaired) electrons. The molecule has 0 saturated carbocycles. The van der Waals surface area contributed by atoms with Crippen LogP contribution < -0.4 is 9.04 Å². The zero-order chi connectivity index (χ0) is 22.3. The average molecular weight is 443 g/mol. The van der Waals surface area contributed by atoms with Crippen LogP contribution in [0, 0.1) is 5.82 Å². The van der Waals surface area contributed by atoms with Gasteiger partial charge in [-0.05, 0) is 24.3 Å². The van der Waals surface area contributed by atoms with Gasteiger partial charge in [-0.15, -0.1) is 5.10 Å². The van der Waals surface area contributed by atoms with E-state index in [1.807, 2.05) is 0 Å². The summed E-state index contributed by atoms with van der Waals surface area (Å²) >= 11 is 0. The molecule has 2 aromatic rings. The van der Waals surface area contributed by atoms with E-state index in [1.54, 1.807) is 18.2 Å². The lowest BCUT2D eigenvalue weighted by atomic mass is 10.1. The van der Waals surface area contributed by atoms with Crippen LogP contribution in [-0.4, -0.2) is 47.4 Å². The Balaban J connectivity index is 2.36. The van der Waals surface area contributed by atoms with Gasteiger partial charge in [0.05, 0.1) is 25.6 Å². The molecule has 0 amide bonds. The summed E-state index contributed by atoms with van der Waals surface area (Å²) in [6.45, 7) is 1.87. The summed E-state index contributed by atoms with van der Waals surface area (Å²) in [4.78, 5) is 0. The van der Waals surface area contributed by atoms with E-state index >= 15 is 0 Å². The van der Waals surface area contributed by atoms with Crippen molar-refractivity contribution in [2.45, 2.75) is 13.0 Å². The summed E-state index contributed by atoms with van der Waals surface area (Å²) in [5.74, 6) is -0.670. The first kappa shape index (κ1) is 23.2. The van der Waals surface area contributed by atoms with Crippen molar-refractivity contribution in [3.8, 4) is 5.75 Å². The molecule has 0 aliphatic carbocycles. The Labute approximate surface area is 172 Å². The molecule has 2 rings (SSSR count). The fourth-order valence-electron chi connectivity index (χ4n) is 2.51. The highest BCUT2D eigenvalue weighted by Crippen LogP contribution is 2.26. The molecule has 162 valence electrons. The fourth-order valence-corrected chi connectivity index (χ4v) is 3.38. The molecule has 0 saturated heterocycles. The van der Waals surface area contributed by atoms with E-state index in [-0.39, 0.29) is 23.6 Å². The first-order chi connectivity index (χ1) is 14.2. The van der Waals surface area contributed by atoms with Crippen molar-refractivity contribution in [2.75, 3.05) is 24.3 Å². The maximum Gasteiger partial charge on any atom is 0.272 e. The molecular formula is C19H20F3N3O4S. The summed E-state index contributed by atoms with van der Waals surface area (Å²) < 4.78 is 75.0. The van der Waals surface area contributed by atoms with Crippen LogP contribution in [0.15, 0.2) is 52.7 Å². The van der Waals surface area contributed by atoms with E-state index < -0.39 is 28.9 Å². The Morgan fingerprint density at radius 1 is 1.23 bits per heavy atom. The summed E-state index contributed by atoms with van der Waals surface area (Å²) in [5.41, 5.74) is 0.391. The van der Waals surface area contributed by atoms with Crippen LogP contribution in [0.3, 0.4) is 0 Å². The van der Waals surface area contributed by atoms with Crippen molar-refractivity contribution in [3.63, 3.8) is 0 Å². The molecule has 0 aliphatic rings. The Morgan fingerprint density at radius 2 is 1.97 bits per heavy atom. The number of anilines is 1. The highest BCUT2D eigenvalue weighted by atomic mass is 32.2. The number of sulfonamides is 1. The first-order valence-electron chi connectivity index (χ1n) is 8.51. The quantitative estimate of drug-likeness (QED) is 0.338. The molecule has 30 heavy (non-hydrogen) atoms. The molecule has 0 aliphatic heterocycles. The van der Waals surface area contributed by atoms with E-state index in [0.29, 0.717) is 11.4 Å². The highest BCUT2D eigenvalue weighted by molar-refractivity contribution is 7.92. The minimum Gasteiger partial charge on any atom is -0.497 e. The second-order valence-corrected chi connectivity index (χ2v) is 7.93. The molecular weight excluding hydrogens is 423 g/mol. The van der Waals surface area contributed by atoms with Crippen molar-refractivity contribution in [1.29, 1.82) is 0 Å². The van der Waals surface area contributed by atoms with Crippen LogP contribution in [0.25, 0.3) is 0 Å². The van der Waals surface area contributed by atoms with Crippen molar-refractivity contribution >= 4 is 28.3 Å². The number of ether oxygens (including phenoxy) is 2. The highest BCUT2D eigenvalue weighted by Gasteiger charge is 2.21. The SMILES string of the molecule is C=N/N=C(\OCC(F)F)c1ccc(CN(c2cccc(OC)c2)S(C)(=O)=O)c(F)c1. The average Bonchev–Trinajstić information content (AvgIpc) is 2.69. The summed E-state index contributed by atoms with van der Waals surface area (Å²) in [5, 5.41) is 6.72. The second kappa shape index (κ2) is 10.1. The summed E-state index contributed by atoms with van der Waals surface area (Å²) in [6, 6.07) is 9.98. The van der Waals surface area contributed by atoms with Gasteiger partial charge in [0.15, 0.2) is 6.61 Å². The lowest BCUT2D eigenvalue weighted by molar-refractivity contribution is 0.0765. The minimum absolute atomic E-state index is 0.0479. The molecule has 0 spiro atoms. The number of halogens is 3. The molecule has 0 aromatic heterocycles. The fraction of sp³-hybridized carbons (Fsp3) is 0.263. The maximum atomic E-state index is 14.7. The maximum absolute atomic E-state index is 14.7. The molecule has 0 fully saturated rings. The van der Waals surface area contributed by atoms with Crippen LogP contribution in [0.1, 0.15) is 11.1 Å². The van der Waals surface area contributed by atoms with Crippen molar-refractivity contribution < 1.29 is 31.1 Å². The molecule has 0 N–H and O–H groups in total. The van der Waals surface area contributed by atoms with Gasteiger partial charge < -0.3 is 9.47 Å². The Hall–Kier alpha value is -3.08. The number of alkyl halides is 2. The number of methoxy groups -OCH3 is 1. The first-order valence-corrected chi connectivity index (χ1v) is 10.4. The lowest BCUT2D eigenvalue weighted by Crippen LogP contribution is -2.29. The Bertz CT molecular complexity index is 1030. The van der Waals surface area contributed by atoms with Crippen molar-refractivity contribution in [3.05, 3.63) is 59.4 Å². The van der Waals surface area contributed by atoms with Gasteiger partial charge in [-0.25, -0.2) is 21.6 Å². The van der Waals surface area contributed by atoms with Gasteiger partial charge >= 0.3 is 0 Å². The zero-order valence-corrected chi connectivity index (χ0v) is 17.1. The van der Waals surface area contributed by atoms with Crippen molar-refractivity contribution in [1.82, 2.24) is 0 Å². The molecule has 0 bridgehead atoms. The third kappa shape index (κ3) is 6.21. The Morgan fingerprint density at radius 3 is 2.53 bits per heavy atom. The number of benzene rings is 2. The van der Waals surface area contributed by atoms with Gasteiger partial charge in [0, 0.05) is 23.9 Å². The van der Waals surface area contributed by atoms with Gasteiger partial charge in [-0.3, -0.25) is 4.31 Å². The van der Waals surface area contributed by atoms with E-state index in [4.69, 9.17) is 9.47 Å². The monoisotopic (exact) mass is 443 g/mol. The number of nitrogens with zero attached hydrogens (tertiary/aromatic N) is 3. The standard InChI is InChI=1S/C19H20F3N3O4S/c1-23-24-19(29-12-18(21)22)13-7-8-14(17(20)9-13)11-25(30(3,26)27)15-5-4-6-16(10-15)28-2/h4-10,18H,1,11-12H2,2-3H3/b24-19-. The smallest absolute Gasteiger partial charge is 0.272 e. The zero-order valence-electron chi connectivity index (χ0n) is 16.3. The molecule has 0 unspecified atom stereocenters. The van der Waals surface area contributed by atoms with Crippen LogP contribution in [0.4, 0.5) is 18.9 Å². The lowest BCUT2D eigenvalue weighted by Gasteiger charge is -2.23. The molecule has 0 heterocycles. The van der Waals surface area contributed by atoms with E-state index in [1.165, 1.54) is 25.3 Å². The third-order valence-electron chi connectivity index (χ3n) is 3.86. The summed E-state index contributed by atoms with van der Waals surface area (Å²) in [7, 11) is -2.31. The number of hydrogen-bond donors (Lipinski definition) is 0. The third-order valence-corrected chi connectivity index (χ3v) is 5.00. The van der Waals surface area contributed by atoms with E-state index in [9.17, 15) is 21.6 Å². The predicted octanol–water partition coefficient (Wildman–Crippen LogP) is 3.44. The molecule has 2 aromatic carbocycles. The van der Waals surface area contributed by atoms with Crippen molar-refractivity contribution in [2.24, 2.45) is 10.2 Å². The van der Waals surface area contributed by atoms with Crippen LogP contribution in [0.5, 0.6) is 5.75 Å². The van der Waals surface area contributed by atoms with Gasteiger partial charge in [0.2, 0.25) is 15.9 Å².